The summed E-state index contributed by atoms with van der Waals surface area (Å²) in [5, 5.41) is 0. The van der Waals surface area contributed by atoms with Crippen molar-refractivity contribution in [3.8, 4) is 0 Å². The molecule has 1 heterocycles. The van der Waals surface area contributed by atoms with Crippen molar-refractivity contribution in [1.82, 2.24) is 9.97 Å². The summed E-state index contributed by atoms with van der Waals surface area (Å²) in [6.45, 7) is 0. The van der Waals surface area contributed by atoms with Gasteiger partial charge in [0.1, 0.15) is 0 Å². The zero-order chi connectivity index (χ0) is 5.11. The van der Waals surface area contributed by atoms with E-state index in [4.69, 9.17) is 0 Å². The molecule has 0 aliphatic rings. The van der Waals surface area contributed by atoms with Crippen molar-refractivity contribution in [2.45, 2.75) is 0 Å². The lowest BCUT2D eigenvalue weighted by molar-refractivity contribution is 1.41. The molecule has 0 aliphatic heterocycles. The van der Waals surface area contributed by atoms with Gasteiger partial charge in [-0.05, 0) is 0 Å². The van der Waals surface area contributed by atoms with Crippen LogP contribution in [0.5, 0.6) is 0 Å². The van der Waals surface area contributed by atoms with E-state index in [1.165, 1.54) is 5.45 Å². The normalized spacial score (nSPS) is 11.0. The monoisotopic (exact) mass is 224 g/mol. The summed E-state index contributed by atoms with van der Waals surface area (Å²) in [5.74, 6) is 0. The third kappa shape index (κ3) is 1.27. The fourth-order valence-corrected chi connectivity index (χ4v) is 1.99. The summed E-state index contributed by atoms with van der Waals surface area (Å²) in [6.07, 6.45) is 3.65. The van der Waals surface area contributed by atoms with Crippen LogP contribution in [-0.4, -0.2) is 17.0 Å². The maximum Gasteiger partial charge on any atom is 0.169 e. The van der Waals surface area contributed by atoms with Crippen molar-refractivity contribution >= 4 is 34.3 Å². The highest BCUT2D eigenvalue weighted by molar-refractivity contribution is 14.1. The van der Waals surface area contributed by atoms with E-state index >= 15 is 0 Å². The van der Waals surface area contributed by atoms with Gasteiger partial charge in [0.15, 0.2) is 7.02 Å². The minimum Gasteiger partial charge on any atom is -0.352 e. The van der Waals surface area contributed by atoms with Gasteiger partial charge >= 0.3 is 0 Å². The lowest BCUT2D eigenvalue weighted by Crippen LogP contribution is -2.11. The number of aromatic nitrogens is 2. The van der Waals surface area contributed by atoms with Gasteiger partial charge < -0.3 is 4.98 Å². The van der Waals surface area contributed by atoms with Gasteiger partial charge in [-0.15, -0.1) is 21.8 Å². The molecule has 1 aromatic heterocycles. The Kier molecular flexibility index (Phi) is 1.86. The van der Waals surface area contributed by atoms with Crippen molar-refractivity contribution < 1.29 is 0 Å². The van der Waals surface area contributed by atoms with E-state index in [2.05, 4.69) is 31.8 Å². The summed E-state index contributed by atoms with van der Waals surface area (Å²) in [7, 11) is -0.0632. The number of aromatic amines is 1. The first kappa shape index (κ1) is 5.30. The van der Waals surface area contributed by atoms with Gasteiger partial charge in [0.25, 0.3) is 0 Å². The number of rotatable bonds is 1. The number of halogens is 1. The zero-order valence-electron chi connectivity index (χ0n) is 3.69. The molecule has 0 amide bonds. The van der Waals surface area contributed by atoms with E-state index in [-0.39, 0.29) is 7.02 Å². The highest BCUT2D eigenvalue weighted by atomic mass is 127. The van der Waals surface area contributed by atoms with Crippen LogP contribution in [0.15, 0.2) is 12.4 Å². The lowest BCUT2D eigenvalue weighted by Gasteiger charge is -1.77. The second-order valence-corrected chi connectivity index (χ2v) is 4.39. The molecular weight excluding hydrogens is 219 g/mol. The molecular formula is C3H5IN2Si. The van der Waals surface area contributed by atoms with Gasteiger partial charge in [0, 0.05) is 12.4 Å². The fourth-order valence-electron chi connectivity index (χ4n) is 0.371. The molecule has 1 rings (SSSR count). The number of imidazole rings is 1. The smallest absolute Gasteiger partial charge is 0.169 e. The van der Waals surface area contributed by atoms with Crippen molar-refractivity contribution in [2.75, 3.05) is 0 Å². The first-order valence-corrected chi connectivity index (χ1v) is 7.79. The lowest BCUT2D eigenvalue weighted by atomic mass is 11.0. The van der Waals surface area contributed by atoms with E-state index in [0.717, 1.165) is 0 Å². The molecule has 0 fully saturated rings. The minimum absolute atomic E-state index is 0.0632. The average Bonchev–Trinajstić information content (AvgIpc) is 2.14. The molecule has 4 heteroatoms. The average molecular weight is 224 g/mol. The molecule has 0 saturated carbocycles. The van der Waals surface area contributed by atoms with E-state index < -0.39 is 0 Å². The van der Waals surface area contributed by atoms with Crippen LogP contribution >= 0.6 is 21.8 Å². The molecule has 0 unspecified atom stereocenters. The van der Waals surface area contributed by atoms with Gasteiger partial charge in [-0.1, -0.05) is 0 Å². The first-order chi connectivity index (χ1) is 3.43. The summed E-state index contributed by atoms with van der Waals surface area (Å²) in [4.78, 5) is 7.06. The summed E-state index contributed by atoms with van der Waals surface area (Å²) < 4.78 is 0. The Morgan fingerprint density at radius 2 is 2.71 bits per heavy atom. The summed E-state index contributed by atoms with van der Waals surface area (Å²) >= 11 is 2.40. The number of hydrogen-bond donors (Lipinski definition) is 1. The number of nitrogens with zero attached hydrogens (tertiary/aromatic N) is 1. The molecule has 1 N–H and O–H groups in total. The number of nitrogens with one attached hydrogen (secondary N) is 1. The van der Waals surface area contributed by atoms with Crippen molar-refractivity contribution in [1.29, 1.82) is 0 Å². The SMILES string of the molecule is I[SiH2]c1ncc[nH]1. The van der Waals surface area contributed by atoms with E-state index in [1.807, 2.05) is 6.20 Å². The Hall–Kier alpha value is 0.157. The van der Waals surface area contributed by atoms with Gasteiger partial charge in [0.2, 0.25) is 0 Å². The van der Waals surface area contributed by atoms with Crippen LogP contribution in [0.2, 0.25) is 0 Å². The molecule has 0 saturated heterocycles. The quantitative estimate of drug-likeness (QED) is 0.391. The van der Waals surface area contributed by atoms with Crippen LogP contribution in [0.4, 0.5) is 0 Å². The standard InChI is InChI=1S/C3H5IN2Si/c4-7-3-5-1-2-6-3/h1-2H,7H2,(H,5,6). The molecule has 0 radical (unpaired) electrons. The Morgan fingerprint density at radius 3 is 3.00 bits per heavy atom. The van der Waals surface area contributed by atoms with E-state index in [1.54, 1.807) is 6.20 Å². The van der Waals surface area contributed by atoms with Crippen molar-refractivity contribution in [2.24, 2.45) is 0 Å². The predicted molar refractivity (Wildman–Crippen MR) is 40.8 cm³/mol. The number of hydrogen-bond acceptors (Lipinski definition) is 1. The first-order valence-electron chi connectivity index (χ1n) is 1.97. The summed E-state index contributed by atoms with van der Waals surface area (Å²) in [6, 6.07) is 0. The molecule has 2 nitrogen and oxygen atoms in total. The Morgan fingerprint density at radius 1 is 1.86 bits per heavy atom. The van der Waals surface area contributed by atoms with Crippen LogP contribution in [0.25, 0.3) is 0 Å². The largest absolute Gasteiger partial charge is 0.352 e. The topological polar surface area (TPSA) is 28.7 Å². The maximum absolute atomic E-state index is 4.03. The van der Waals surface area contributed by atoms with Gasteiger partial charge in [-0.2, -0.15) is 0 Å². The minimum atomic E-state index is -0.0632. The Labute approximate surface area is 56.8 Å². The Bertz CT molecular complexity index is 127. The van der Waals surface area contributed by atoms with Crippen LogP contribution < -0.4 is 5.45 Å². The molecule has 7 heavy (non-hydrogen) atoms. The van der Waals surface area contributed by atoms with Crippen LogP contribution in [-0.2, 0) is 0 Å². The predicted octanol–water partition coefficient (Wildman–Crippen LogP) is -0.446. The van der Waals surface area contributed by atoms with Gasteiger partial charge in [-0.3, -0.25) is 0 Å². The molecule has 0 bridgehead atoms. The maximum atomic E-state index is 4.03. The van der Waals surface area contributed by atoms with Crippen LogP contribution in [0, 0.1) is 0 Å². The molecule has 0 atom stereocenters. The van der Waals surface area contributed by atoms with E-state index in [9.17, 15) is 0 Å². The molecule has 0 spiro atoms. The molecule has 38 valence electrons. The third-order valence-electron chi connectivity index (χ3n) is 0.681. The van der Waals surface area contributed by atoms with Gasteiger partial charge in [0.05, 0.1) is 5.45 Å². The molecule has 0 aromatic carbocycles. The van der Waals surface area contributed by atoms with Crippen LogP contribution in [0.1, 0.15) is 0 Å². The molecule has 0 aliphatic carbocycles. The second kappa shape index (κ2) is 2.46. The van der Waals surface area contributed by atoms with Crippen molar-refractivity contribution in [3.05, 3.63) is 12.4 Å². The van der Waals surface area contributed by atoms with Crippen LogP contribution in [0.3, 0.4) is 0 Å². The van der Waals surface area contributed by atoms with Crippen molar-refractivity contribution in [3.63, 3.8) is 0 Å². The Balaban J connectivity index is 2.76. The van der Waals surface area contributed by atoms with Gasteiger partial charge in [-0.25, -0.2) is 4.98 Å². The van der Waals surface area contributed by atoms with E-state index in [0.29, 0.717) is 0 Å². The summed E-state index contributed by atoms with van der Waals surface area (Å²) in [5.41, 5.74) is 1.18. The highest BCUT2D eigenvalue weighted by Gasteiger charge is 1.85. The number of H-pyrrole nitrogens is 1. The highest BCUT2D eigenvalue weighted by Crippen LogP contribution is 1.72. The third-order valence-corrected chi connectivity index (χ3v) is 3.49. The zero-order valence-corrected chi connectivity index (χ0v) is 7.26. The molecule has 1 aromatic rings. The fraction of sp³-hybridized carbons (Fsp3) is 0. The second-order valence-electron chi connectivity index (χ2n) is 1.17.